The van der Waals surface area contributed by atoms with Crippen molar-refractivity contribution in [3.05, 3.63) is 34.9 Å². The van der Waals surface area contributed by atoms with Gasteiger partial charge in [-0.3, -0.25) is 0 Å². The van der Waals surface area contributed by atoms with Crippen LogP contribution in [0.15, 0.2) is 24.3 Å². The number of methoxy groups -OCH3 is 1. The molecule has 0 saturated carbocycles. The smallest absolute Gasteiger partial charge is 0.410 e. The molecule has 0 aliphatic heterocycles. The molecular formula is C17H27ClN2O3. The summed E-state index contributed by atoms with van der Waals surface area (Å²) in [5.41, 5.74) is 0.647. The Labute approximate surface area is 143 Å². The summed E-state index contributed by atoms with van der Waals surface area (Å²) >= 11 is 5.86. The summed E-state index contributed by atoms with van der Waals surface area (Å²) in [4.78, 5) is 13.8. The van der Waals surface area contributed by atoms with Gasteiger partial charge in [0.2, 0.25) is 0 Å². The van der Waals surface area contributed by atoms with Gasteiger partial charge < -0.3 is 19.7 Å². The first-order chi connectivity index (χ1) is 10.8. The number of halogens is 1. The number of nitrogens with zero attached hydrogens (tertiary/aromatic N) is 1. The Hall–Kier alpha value is -1.30. The van der Waals surface area contributed by atoms with Crippen molar-refractivity contribution in [3.8, 4) is 0 Å². The normalized spacial score (nSPS) is 11.3. The van der Waals surface area contributed by atoms with Gasteiger partial charge in [0.1, 0.15) is 5.60 Å². The van der Waals surface area contributed by atoms with Gasteiger partial charge >= 0.3 is 6.09 Å². The fourth-order valence-corrected chi connectivity index (χ4v) is 2.00. The summed E-state index contributed by atoms with van der Waals surface area (Å²) in [5.74, 6) is 0. The van der Waals surface area contributed by atoms with Gasteiger partial charge in [0, 0.05) is 38.3 Å². The minimum Gasteiger partial charge on any atom is -0.444 e. The van der Waals surface area contributed by atoms with E-state index in [1.54, 1.807) is 12.0 Å². The molecule has 0 aliphatic rings. The molecule has 1 aromatic rings. The highest BCUT2D eigenvalue weighted by atomic mass is 35.5. The summed E-state index contributed by atoms with van der Waals surface area (Å²) in [5, 5.41) is 4.04. The molecule has 0 fully saturated rings. The maximum Gasteiger partial charge on any atom is 0.410 e. The molecule has 0 aromatic heterocycles. The van der Waals surface area contributed by atoms with Gasteiger partial charge in [0.15, 0.2) is 0 Å². The molecule has 1 N–H and O–H groups in total. The van der Waals surface area contributed by atoms with E-state index in [4.69, 9.17) is 21.1 Å². The third kappa shape index (κ3) is 8.79. The van der Waals surface area contributed by atoms with E-state index in [1.165, 1.54) is 0 Å². The molecule has 1 aromatic carbocycles. The van der Waals surface area contributed by atoms with Crippen molar-refractivity contribution < 1.29 is 14.3 Å². The average Bonchev–Trinajstić information content (AvgIpc) is 2.46. The standard InChI is InChI=1S/C17H27ClN2O3/c1-17(2,3)23-16(21)20(11-12-22-4)10-9-19-13-14-5-7-15(18)8-6-14/h5-8,19H,9-13H2,1-4H3. The Kier molecular flexibility index (Phi) is 8.37. The maximum atomic E-state index is 12.2. The van der Waals surface area contributed by atoms with E-state index < -0.39 is 5.60 Å². The van der Waals surface area contributed by atoms with Crippen LogP contribution in [0.4, 0.5) is 4.79 Å². The molecule has 0 spiro atoms. The molecule has 6 heteroatoms. The molecule has 0 aliphatic carbocycles. The van der Waals surface area contributed by atoms with Crippen molar-refractivity contribution in [2.45, 2.75) is 32.9 Å². The van der Waals surface area contributed by atoms with E-state index in [-0.39, 0.29) is 6.09 Å². The van der Waals surface area contributed by atoms with Crippen LogP contribution in [0.1, 0.15) is 26.3 Å². The quantitative estimate of drug-likeness (QED) is 0.736. The van der Waals surface area contributed by atoms with Gasteiger partial charge in [-0.25, -0.2) is 4.79 Å². The number of carbonyl (C=O) groups excluding carboxylic acids is 1. The monoisotopic (exact) mass is 342 g/mol. The number of hydrogen-bond acceptors (Lipinski definition) is 4. The first kappa shape index (κ1) is 19.7. The highest BCUT2D eigenvalue weighted by molar-refractivity contribution is 6.30. The van der Waals surface area contributed by atoms with Crippen LogP contribution in [0.2, 0.25) is 5.02 Å². The van der Waals surface area contributed by atoms with Crippen LogP contribution in [-0.4, -0.2) is 49.9 Å². The minimum absolute atomic E-state index is 0.317. The first-order valence-electron chi connectivity index (χ1n) is 7.74. The molecule has 1 rings (SSSR count). The molecule has 5 nitrogen and oxygen atoms in total. The Morgan fingerprint density at radius 1 is 1.22 bits per heavy atom. The molecule has 1 amide bonds. The van der Waals surface area contributed by atoms with Gasteiger partial charge in [-0.2, -0.15) is 0 Å². The van der Waals surface area contributed by atoms with Crippen LogP contribution in [0.5, 0.6) is 0 Å². The van der Waals surface area contributed by atoms with Crippen molar-refractivity contribution >= 4 is 17.7 Å². The summed E-state index contributed by atoms with van der Waals surface area (Å²) in [6, 6.07) is 7.69. The highest BCUT2D eigenvalue weighted by Gasteiger charge is 2.21. The van der Waals surface area contributed by atoms with Crippen LogP contribution in [0.3, 0.4) is 0 Å². The summed E-state index contributed by atoms with van der Waals surface area (Å²) in [6.07, 6.45) is -0.317. The third-order valence-corrected chi connectivity index (χ3v) is 3.27. The number of hydrogen-bond donors (Lipinski definition) is 1. The number of amides is 1. The summed E-state index contributed by atoms with van der Waals surface area (Å²) in [7, 11) is 1.62. The molecule has 23 heavy (non-hydrogen) atoms. The van der Waals surface area contributed by atoms with Crippen molar-refractivity contribution in [2.75, 3.05) is 33.4 Å². The molecule has 130 valence electrons. The Morgan fingerprint density at radius 2 is 1.87 bits per heavy atom. The predicted molar refractivity (Wildman–Crippen MR) is 92.8 cm³/mol. The molecule has 0 unspecified atom stereocenters. The van der Waals surface area contributed by atoms with Gasteiger partial charge in [-0.1, -0.05) is 23.7 Å². The molecule has 0 saturated heterocycles. The fraction of sp³-hybridized carbons (Fsp3) is 0.588. The lowest BCUT2D eigenvalue weighted by Crippen LogP contribution is -2.42. The zero-order valence-electron chi connectivity index (χ0n) is 14.4. The Balaban J connectivity index is 2.41. The number of benzene rings is 1. The minimum atomic E-state index is -0.501. The Morgan fingerprint density at radius 3 is 2.43 bits per heavy atom. The van der Waals surface area contributed by atoms with Gasteiger partial charge in [-0.15, -0.1) is 0 Å². The molecule has 0 heterocycles. The van der Waals surface area contributed by atoms with Crippen LogP contribution < -0.4 is 5.32 Å². The number of rotatable bonds is 8. The fourth-order valence-electron chi connectivity index (χ4n) is 1.87. The molecular weight excluding hydrogens is 316 g/mol. The largest absolute Gasteiger partial charge is 0.444 e. The predicted octanol–water partition coefficient (Wildman–Crippen LogP) is 3.31. The lowest BCUT2D eigenvalue weighted by atomic mass is 10.2. The topological polar surface area (TPSA) is 50.8 Å². The lowest BCUT2D eigenvalue weighted by Gasteiger charge is -2.27. The molecule has 0 atom stereocenters. The van der Waals surface area contributed by atoms with Crippen molar-refractivity contribution in [1.82, 2.24) is 10.2 Å². The molecule has 0 bridgehead atoms. The number of nitrogens with one attached hydrogen (secondary N) is 1. The van der Waals surface area contributed by atoms with Gasteiger partial charge in [-0.05, 0) is 38.5 Å². The summed E-state index contributed by atoms with van der Waals surface area (Å²) < 4.78 is 10.5. The van der Waals surface area contributed by atoms with E-state index in [9.17, 15) is 4.79 Å². The number of carbonyl (C=O) groups is 1. The van der Waals surface area contributed by atoms with E-state index in [0.717, 1.165) is 17.1 Å². The van der Waals surface area contributed by atoms with Crippen molar-refractivity contribution in [1.29, 1.82) is 0 Å². The van der Waals surface area contributed by atoms with E-state index >= 15 is 0 Å². The third-order valence-electron chi connectivity index (χ3n) is 3.02. The van der Waals surface area contributed by atoms with Gasteiger partial charge in [0.05, 0.1) is 6.61 Å². The van der Waals surface area contributed by atoms with E-state index in [1.807, 2.05) is 45.0 Å². The lowest BCUT2D eigenvalue weighted by molar-refractivity contribution is 0.0204. The van der Waals surface area contributed by atoms with E-state index in [2.05, 4.69) is 5.32 Å². The first-order valence-corrected chi connectivity index (χ1v) is 8.11. The molecule has 0 radical (unpaired) electrons. The maximum absolute atomic E-state index is 12.2. The second kappa shape index (κ2) is 9.75. The van der Waals surface area contributed by atoms with Crippen LogP contribution in [0.25, 0.3) is 0 Å². The summed E-state index contributed by atoms with van der Waals surface area (Å²) in [6.45, 7) is 8.53. The van der Waals surface area contributed by atoms with Crippen molar-refractivity contribution in [2.24, 2.45) is 0 Å². The van der Waals surface area contributed by atoms with Crippen LogP contribution in [0, 0.1) is 0 Å². The van der Waals surface area contributed by atoms with Crippen LogP contribution in [-0.2, 0) is 16.0 Å². The van der Waals surface area contributed by atoms with E-state index in [0.29, 0.717) is 26.2 Å². The average molecular weight is 343 g/mol. The Bertz CT molecular complexity index is 472. The SMILES string of the molecule is COCCN(CCNCc1ccc(Cl)cc1)C(=O)OC(C)(C)C. The van der Waals surface area contributed by atoms with Crippen molar-refractivity contribution in [3.63, 3.8) is 0 Å². The number of ether oxygens (including phenoxy) is 2. The van der Waals surface area contributed by atoms with Gasteiger partial charge in [0.25, 0.3) is 0 Å². The van der Waals surface area contributed by atoms with Crippen LogP contribution >= 0.6 is 11.6 Å². The highest BCUT2D eigenvalue weighted by Crippen LogP contribution is 2.10. The second-order valence-electron chi connectivity index (χ2n) is 6.26. The second-order valence-corrected chi connectivity index (χ2v) is 6.70. The zero-order chi connectivity index (χ0) is 17.3. The zero-order valence-corrected chi connectivity index (χ0v) is 15.2.